The topological polar surface area (TPSA) is 203 Å². The van der Waals surface area contributed by atoms with E-state index in [1.165, 1.54) is 25.4 Å². The number of furan rings is 2. The van der Waals surface area contributed by atoms with E-state index in [1.807, 2.05) is 38.1 Å². The molecule has 8 rings (SSSR count). The van der Waals surface area contributed by atoms with Crippen LogP contribution < -0.4 is 15.1 Å². The van der Waals surface area contributed by atoms with E-state index in [-0.39, 0.29) is 53.5 Å². The van der Waals surface area contributed by atoms with Crippen molar-refractivity contribution in [2.24, 2.45) is 10.8 Å². The lowest BCUT2D eigenvalue weighted by atomic mass is 9.69. The van der Waals surface area contributed by atoms with E-state index in [9.17, 15) is 29.1 Å². The molecule has 2 aliphatic heterocycles. The molecule has 2 aliphatic carbocycles. The van der Waals surface area contributed by atoms with Crippen LogP contribution in [0.1, 0.15) is 161 Å². The monoisotopic (exact) mass is 992 g/mol. The fourth-order valence-electron chi connectivity index (χ4n) is 11.6. The first-order chi connectivity index (χ1) is 34.8. The number of rotatable bonds is 20. The summed E-state index contributed by atoms with van der Waals surface area (Å²) in [4.78, 5) is 79.2. The number of carboxylic acids is 2. The highest BCUT2D eigenvalue weighted by atomic mass is 16.4. The number of aromatic nitrogens is 2. The molecule has 4 aromatic rings. The van der Waals surface area contributed by atoms with Gasteiger partial charge in [0, 0.05) is 70.0 Å². The minimum absolute atomic E-state index is 0.0130. The summed E-state index contributed by atoms with van der Waals surface area (Å²) >= 11 is 0. The van der Waals surface area contributed by atoms with Crippen LogP contribution >= 0.6 is 0 Å². The number of aryl methyl sites for hydroxylation is 2. The van der Waals surface area contributed by atoms with E-state index in [4.69, 9.17) is 13.9 Å². The molecule has 2 saturated carbocycles. The van der Waals surface area contributed by atoms with Gasteiger partial charge in [-0.15, -0.1) is 0 Å². The number of nitrogens with one attached hydrogen (secondary N) is 1. The van der Waals surface area contributed by atoms with Gasteiger partial charge in [0.2, 0.25) is 5.91 Å². The number of carbonyl (C=O) groups is 5. The van der Waals surface area contributed by atoms with Gasteiger partial charge in [0.15, 0.2) is 11.5 Å². The fourth-order valence-corrected chi connectivity index (χ4v) is 11.6. The first-order valence-corrected chi connectivity index (χ1v) is 26.6. The lowest BCUT2D eigenvalue weighted by Crippen LogP contribution is -2.48. The van der Waals surface area contributed by atoms with Crippen molar-refractivity contribution in [3.8, 4) is 0 Å². The van der Waals surface area contributed by atoms with E-state index in [0.717, 1.165) is 140 Å². The van der Waals surface area contributed by atoms with Crippen molar-refractivity contribution >= 4 is 41.3 Å². The molecule has 2 saturated heterocycles. The maximum atomic E-state index is 13.4. The number of carboxylic acid groups (broad SMARTS) is 2. The number of anilines is 2. The molecule has 72 heavy (non-hydrogen) atoms. The normalized spacial score (nSPS) is 18.6. The molecule has 0 bridgehead atoms. The lowest BCUT2D eigenvalue weighted by molar-refractivity contribution is -0.141. The Labute approximate surface area is 424 Å². The van der Waals surface area contributed by atoms with Gasteiger partial charge in [-0.2, -0.15) is 0 Å². The van der Waals surface area contributed by atoms with Gasteiger partial charge in [-0.25, -0.2) is 9.97 Å². The van der Waals surface area contributed by atoms with Crippen molar-refractivity contribution in [1.82, 2.24) is 25.1 Å². The van der Waals surface area contributed by atoms with E-state index < -0.39 is 11.9 Å². The smallest absolute Gasteiger partial charge is 0.303 e. The SMILES string of the molecule is Cc1ccc(N(C(=O)c2ccco2)C2CCN(CCC3(CC(=O)NCCCC(=O)O)CCCCC3)CC2)nc1.Cc1ccc(N(C(=O)c2ccco2)C2CCN(CCC3(CC(=O)O)CCCCC3)CC2)nc1. The lowest BCUT2D eigenvalue weighted by Gasteiger charge is -2.41. The molecule has 6 heterocycles. The van der Waals surface area contributed by atoms with Crippen molar-refractivity contribution in [2.45, 2.75) is 154 Å². The predicted octanol–water partition coefficient (Wildman–Crippen LogP) is 9.72. The Bertz CT molecular complexity index is 2310. The van der Waals surface area contributed by atoms with Gasteiger partial charge in [-0.05, 0) is 156 Å². The predicted molar refractivity (Wildman–Crippen MR) is 275 cm³/mol. The Morgan fingerprint density at radius 1 is 0.625 bits per heavy atom. The van der Waals surface area contributed by atoms with Crippen molar-refractivity contribution < 1.29 is 43.0 Å². The Morgan fingerprint density at radius 3 is 1.44 bits per heavy atom. The van der Waals surface area contributed by atoms with Gasteiger partial charge >= 0.3 is 11.9 Å². The van der Waals surface area contributed by atoms with Gasteiger partial charge < -0.3 is 34.2 Å². The molecule has 0 spiro atoms. The van der Waals surface area contributed by atoms with E-state index >= 15 is 0 Å². The quantitative estimate of drug-likeness (QED) is 0.0707. The first-order valence-electron chi connectivity index (χ1n) is 26.6. The highest BCUT2D eigenvalue weighted by Gasteiger charge is 2.38. The van der Waals surface area contributed by atoms with Crippen LogP contribution in [-0.2, 0) is 14.4 Å². The summed E-state index contributed by atoms with van der Waals surface area (Å²) in [5.74, 6) is 0.169. The summed E-state index contributed by atoms with van der Waals surface area (Å²) in [7, 11) is 0. The summed E-state index contributed by atoms with van der Waals surface area (Å²) in [6.07, 6.45) is 24.5. The van der Waals surface area contributed by atoms with Gasteiger partial charge in [-0.3, -0.25) is 33.8 Å². The summed E-state index contributed by atoms with van der Waals surface area (Å²) in [5.41, 5.74) is 2.06. The Morgan fingerprint density at radius 2 is 1.07 bits per heavy atom. The van der Waals surface area contributed by atoms with Crippen LogP contribution in [0.3, 0.4) is 0 Å². The zero-order valence-corrected chi connectivity index (χ0v) is 42.6. The second-order valence-corrected chi connectivity index (χ2v) is 21.1. The van der Waals surface area contributed by atoms with Crippen LogP contribution in [-0.4, -0.2) is 118 Å². The van der Waals surface area contributed by atoms with Gasteiger partial charge in [0.05, 0.1) is 18.9 Å². The fraction of sp³-hybridized carbons (Fsp3) is 0.589. The first kappa shape index (κ1) is 53.9. The molecule has 390 valence electrons. The van der Waals surface area contributed by atoms with E-state index in [2.05, 4.69) is 25.1 Å². The number of aliphatic carboxylic acids is 2. The van der Waals surface area contributed by atoms with Gasteiger partial charge in [-0.1, -0.05) is 50.7 Å². The maximum absolute atomic E-state index is 13.4. The van der Waals surface area contributed by atoms with Crippen LogP contribution in [0.5, 0.6) is 0 Å². The van der Waals surface area contributed by atoms with Crippen LogP contribution in [0.15, 0.2) is 82.3 Å². The zero-order chi connectivity index (χ0) is 50.9. The zero-order valence-electron chi connectivity index (χ0n) is 42.6. The highest BCUT2D eigenvalue weighted by molar-refractivity contribution is 6.04. The van der Waals surface area contributed by atoms with Gasteiger partial charge in [0.25, 0.3) is 11.8 Å². The number of piperidine rings is 2. The molecule has 0 radical (unpaired) electrons. The minimum atomic E-state index is -0.833. The third-order valence-electron chi connectivity index (χ3n) is 15.7. The minimum Gasteiger partial charge on any atom is -0.481 e. The summed E-state index contributed by atoms with van der Waals surface area (Å²) in [6, 6.07) is 14.7. The molecule has 0 atom stereocenters. The molecule has 16 nitrogen and oxygen atoms in total. The van der Waals surface area contributed by atoms with Crippen molar-refractivity contribution in [1.29, 1.82) is 0 Å². The van der Waals surface area contributed by atoms with Crippen molar-refractivity contribution in [2.75, 3.05) is 55.6 Å². The third kappa shape index (κ3) is 15.3. The molecule has 0 unspecified atom stereocenters. The second kappa shape index (κ2) is 26.2. The average molecular weight is 992 g/mol. The van der Waals surface area contributed by atoms with Crippen LogP contribution in [0, 0.1) is 24.7 Å². The molecular weight excluding hydrogens is 915 g/mol. The molecule has 0 aromatic carbocycles. The number of amides is 3. The van der Waals surface area contributed by atoms with Gasteiger partial charge in [0.1, 0.15) is 11.6 Å². The third-order valence-corrected chi connectivity index (χ3v) is 15.7. The Kier molecular flexibility index (Phi) is 19.6. The second-order valence-electron chi connectivity index (χ2n) is 21.1. The van der Waals surface area contributed by atoms with E-state index in [1.54, 1.807) is 46.5 Å². The van der Waals surface area contributed by atoms with E-state index in [0.29, 0.717) is 42.5 Å². The Balaban J connectivity index is 0.000000214. The summed E-state index contributed by atoms with van der Waals surface area (Å²) < 4.78 is 10.8. The standard InChI is InChI=1S/C30H42N4O5.C26H35N3O4/c1-23-9-10-26(32-22-23)34(29(38)25-7-6-20-39-25)24-11-17-33(18-12-24)19-15-30(13-3-2-4-14-30)21-27(35)31-16-5-8-28(36)37;1-20-7-8-23(27-19-20)29(25(32)22-6-5-17-33-22)21-9-14-28(15-10-21)16-13-26(18-24(30)31)11-3-2-4-12-26/h6-7,9-10,20,22,24H,2-5,8,11-19,21H2,1H3,(H,31,35)(H,36,37);5-8,17,19,21H,2-4,9-16,18H2,1H3,(H,30,31). The highest BCUT2D eigenvalue weighted by Crippen LogP contribution is 2.44. The molecule has 4 aliphatic rings. The Hall–Kier alpha value is -5.87. The van der Waals surface area contributed by atoms with Crippen LogP contribution in [0.4, 0.5) is 11.6 Å². The number of pyridine rings is 2. The molecule has 3 N–H and O–H groups in total. The van der Waals surface area contributed by atoms with Crippen LogP contribution in [0.25, 0.3) is 0 Å². The van der Waals surface area contributed by atoms with Crippen molar-refractivity contribution in [3.63, 3.8) is 0 Å². The number of carbonyl (C=O) groups excluding carboxylic acids is 3. The molecular formula is C56H77N7O9. The van der Waals surface area contributed by atoms with Crippen molar-refractivity contribution in [3.05, 3.63) is 96.1 Å². The summed E-state index contributed by atoms with van der Waals surface area (Å²) in [6.45, 7) is 9.79. The molecule has 4 aromatic heterocycles. The molecule has 3 amide bonds. The van der Waals surface area contributed by atoms with Crippen LogP contribution in [0.2, 0.25) is 0 Å². The number of nitrogens with zero attached hydrogens (tertiary/aromatic N) is 6. The maximum Gasteiger partial charge on any atom is 0.303 e. The molecule has 16 heteroatoms. The molecule has 4 fully saturated rings. The number of likely N-dealkylation sites (tertiary alicyclic amines) is 2. The summed E-state index contributed by atoms with van der Waals surface area (Å²) in [5, 5.41) is 21.2. The average Bonchev–Trinajstić information content (AvgIpc) is 4.14. The number of hydrogen-bond donors (Lipinski definition) is 3. The largest absolute Gasteiger partial charge is 0.481 e. The number of hydrogen-bond acceptors (Lipinski definition) is 11.